The fourth-order valence-corrected chi connectivity index (χ4v) is 3.92. The van der Waals surface area contributed by atoms with Crippen molar-refractivity contribution < 1.29 is 23.3 Å². The van der Waals surface area contributed by atoms with E-state index in [1.54, 1.807) is 23.3 Å². The SMILES string of the molecule is C[Si](C)=[Zr+2].c1ccc(-c2c[cH-]c3ccccc23)cc1.c1ccc2c(c1)[cH-]c1ccccc12. The Hall–Kier alpha value is -2.54. The molecule has 0 fully saturated rings. The Kier molecular flexibility index (Phi) is 7.68. The molecule has 0 saturated carbocycles. The van der Waals surface area contributed by atoms with Gasteiger partial charge in [0.05, 0.1) is 0 Å². The Bertz CT molecular complexity index is 1400. The standard InChI is InChI=1S/C15H11.C13H9.C2H6Si.Zr/c1-2-6-12(7-3-1)15-11-10-13-8-4-5-9-14(13)15;1-3-7-12-10(5-1)9-11-6-2-4-8-13(11)12;1-3-2;/h1-11H;1-9H;1-2H3;/q2*-1;;+2. The maximum atomic E-state index is 2.31. The third kappa shape index (κ3) is 5.44. The molecule has 0 spiro atoms. The first-order chi connectivity index (χ1) is 15.6. The number of fused-ring (bicyclic) bond motifs is 4. The molecule has 0 bridgehead atoms. The first kappa shape index (κ1) is 22.6. The predicted molar refractivity (Wildman–Crippen MR) is 140 cm³/mol. The second-order valence-electron chi connectivity index (χ2n) is 8.02. The summed E-state index contributed by atoms with van der Waals surface area (Å²) in [6, 6.07) is 42.7. The Morgan fingerprint density at radius 1 is 0.562 bits per heavy atom. The second kappa shape index (κ2) is 10.9. The minimum Gasteiger partial charge on any atom is -0.150 e. The van der Waals surface area contributed by atoms with Gasteiger partial charge in [-0.2, -0.15) is 0 Å². The molecule has 0 unspecified atom stereocenters. The molecular formula is C30H26SiZr. The molecule has 32 heavy (non-hydrogen) atoms. The summed E-state index contributed by atoms with van der Waals surface area (Å²) in [5, 5.41) is 8.05. The van der Waals surface area contributed by atoms with Gasteiger partial charge in [0, 0.05) is 0 Å². The van der Waals surface area contributed by atoms with Crippen LogP contribution in [0.1, 0.15) is 0 Å². The smallest absolute Gasteiger partial charge is 0.0623 e. The van der Waals surface area contributed by atoms with Crippen LogP contribution in [-0.4, -0.2) is 5.43 Å². The minimum atomic E-state index is 0.210. The summed E-state index contributed by atoms with van der Waals surface area (Å²) >= 11 is 1.74. The van der Waals surface area contributed by atoms with E-state index in [1.807, 2.05) is 0 Å². The first-order valence-electron chi connectivity index (χ1n) is 10.9. The van der Waals surface area contributed by atoms with Gasteiger partial charge in [0.1, 0.15) is 0 Å². The quantitative estimate of drug-likeness (QED) is 0.155. The maximum absolute atomic E-state index is 2.31. The molecule has 6 rings (SSSR count). The van der Waals surface area contributed by atoms with E-state index in [-0.39, 0.29) is 5.43 Å². The normalized spacial score (nSPS) is 10.4. The van der Waals surface area contributed by atoms with Gasteiger partial charge in [-0.3, -0.25) is 0 Å². The summed E-state index contributed by atoms with van der Waals surface area (Å²) in [5.41, 5.74) is 2.83. The van der Waals surface area contributed by atoms with E-state index in [0.717, 1.165) is 0 Å². The van der Waals surface area contributed by atoms with Crippen LogP contribution in [0.4, 0.5) is 0 Å². The fourth-order valence-electron chi connectivity index (χ4n) is 3.92. The summed E-state index contributed by atoms with van der Waals surface area (Å²) in [5.74, 6) is 0. The van der Waals surface area contributed by atoms with Gasteiger partial charge in [0.15, 0.2) is 0 Å². The van der Waals surface area contributed by atoms with Crippen molar-refractivity contribution in [3.05, 3.63) is 121 Å². The molecule has 0 N–H and O–H groups in total. The average molecular weight is 506 g/mol. The van der Waals surface area contributed by atoms with Gasteiger partial charge in [-0.1, -0.05) is 78.4 Å². The number of hydrogen-bond donors (Lipinski definition) is 0. The van der Waals surface area contributed by atoms with E-state index >= 15 is 0 Å². The Labute approximate surface area is 205 Å². The fraction of sp³-hybridized carbons (Fsp3) is 0.0667. The number of benzene rings is 4. The van der Waals surface area contributed by atoms with Crippen molar-refractivity contribution in [2.24, 2.45) is 0 Å². The van der Waals surface area contributed by atoms with Crippen molar-refractivity contribution in [3.63, 3.8) is 0 Å². The van der Waals surface area contributed by atoms with Crippen LogP contribution in [0.5, 0.6) is 0 Å². The van der Waals surface area contributed by atoms with Crippen LogP contribution in [0.3, 0.4) is 0 Å². The Balaban J connectivity index is 0.000000133. The summed E-state index contributed by atoms with van der Waals surface area (Å²) in [6.07, 6.45) is 0. The van der Waals surface area contributed by atoms with E-state index in [0.29, 0.717) is 0 Å². The van der Waals surface area contributed by atoms with Crippen molar-refractivity contribution in [3.8, 4) is 11.1 Å². The van der Waals surface area contributed by atoms with Crippen LogP contribution in [0.15, 0.2) is 121 Å². The molecule has 0 nitrogen and oxygen atoms in total. The van der Waals surface area contributed by atoms with Gasteiger partial charge in [-0.15, -0.1) is 86.4 Å². The van der Waals surface area contributed by atoms with Crippen molar-refractivity contribution in [1.82, 2.24) is 0 Å². The van der Waals surface area contributed by atoms with E-state index in [2.05, 4.69) is 134 Å². The van der Waals surface area contributed by atoms with Gasteiger partial charge in [0.25, 0.3) is 0 Å². The van der Waals surface area contributed by atoms with Gasteiger partial charge in [0.2, 0.25) is 0 Å². The largest absolute Gasteiger partial charge is 0.150 e. The van der Waals surface area contributed by atoms with E-state index in [4.69, 9.17) is 0 Å². The van der Waals surface area contributed by atoms with Crippen molar-refractivity contribution in [2.75, 3.05) is 0 Å². The molecular weight excluding hydrogens is 480 g/mol. The van der Waals surface area contributed by atoms with Crippen LogP contribution in [0.25, 0.3) is 43.4 Å². The molecule has 154 valence electrons. The van der Waals surface area contributed by atoms with Crippen LogP contribution < -0.4 is 0 Å². The summed E-state index contributed by atoms with van der Waals surface area (Å²) < 4.78 is 0. The third-order valence-electron chi connectivity index (χ3n) is 5.29. The zero-order valence-electron chi connectivity index (χ0n) is 18.5. The second-order valence-corrected chi connectivity index (χ2v) is 17.4. The van der Waals surface area contributed by atoms with Crippen LogP contribution in [-0.2, 0) is 23.3 Å². The van der Waals surface area contributed by atoms with Crippen LogP contribution in [0.2, 0.25) is 13.1 Å². The molecule has 0 saturated heterocycles. The molecule has 6 aromatic rings. The molecule has 6 aromatic carbocycles. The molecule has 0 radical (unpaired) electrons. The summed E-state index contributed by atoms with van der Waals surface area (Å²) in [7, 11) is 0. The van der Waals surface area contributed by atoms with Crippen LogP contribution in [0, 0.1) is 0 Å². The monoisotopic (exact) mass is 504 g/mol. The minimum absolute atomic E-state index is 0.210. The average Bonchev–Trinajstić information content (AvgIpc) is 3.41. The molecule has 0 heterocycles. The number of rotatable bonds is 1. The van der Waals surface area contributed by atoms with Gasteiger partial charge in [-0.25, -0.2) is 0 Å². The molecule has 0 atom stereocenters. The van der Waals surface area contributed by atoms with E-state index in [9.17, 15) is 0 Å². The molecule has 0 aromatic heterocycles. The van der Waals surface area contributed by atoms with Crippen molar-refractivity contribution >= 4 is 37.8 Å². The van der Waals surface area contributed by atoms with Crippen LogP contribution >= 0.6 is 0 Å². The zero-order valence-corrected chi connectivity index (χ0v) is 22.0. The van der Waals surface area contributed by atoms with Gasteiger partial charge < -0.3 is 0 Å². The van der Waals surface area contributed by atoms with E-state index < -0.39 is 0 Å². The Morgan fingerprint density at radius 3 is 1.56 bits per heavy atom. The summed E-state index contributed by atoms with van der Waals surface area (Å²) in [4.78, 5) is 0. The maximum Gasteiger partial charge on any atom is -0.0623 e. The van der Waals surface area contributed by atoms with Gasteiger partial charge >= 0.3 is 41.9 Å². The molecule has 2 heteroatoms. The molecule has 0 aliphatic rings. The Morgan fingerprint density at radius 2 is 1.00 bits per heavy atom. The summed E-state index contributed by atoms with van der Waals surface area (Å²) in [6.45, 7) is 4.62. The number of hydrogen-bond acceptors (Lipinski definition) is 0. The topological polar surface area (TPSA) is 0 Å². The molecule has 0 amide bonds. The predicted octanol–water partition coefficient (Wildman–Crippen LogP) is 8.72. The van der Waals surface area contributed by atoms with Gasteiger partial charge in [-0.05, 0) is 0 Å². The van der Waals surface area contributed by atoms with Crippen molar-refractivity contribution in [1.29, 1.82) is 0 Å². The third-order valence-corrected chi connectivity index (χ3v) is 5.29. The molecule has 0 aliphatic carbocycles. The van der Waals surface area contributed by atoms with E-state index in [1.165, 1.54) is 43.4 Å². The zero-order chi connectivity index (χ0) is 22.3. The first-order valence-corrected chi connectivity index (χ1v) is 17.1. The van der Waals surface area contributed by atoms with Crippen molar-refractivity contribution in [2.45, 2.75) is 13.1 Å². The molecule has 0 aliphatic heterocycles.